The fourth-order valence-electron chi connectivity index (χ4n) is 2.13. The van der Waals surface area contributed by atoms with Gasteiger partial charge in [-0.2, -0.15) is 0 Å². The molecule has 0 spiro atoms. The largest absolute Gasteiger partial charge is 0.452 e. The average Bonchev–Trinajstić information content (AvgIpc) is 3.09. The molecule has 3 rings (SSSR count). The highest BCUT2D eigenvalue weighted by Gasteiger charge is 2.14. The van der Waals surface area contributed by atoms with Crippen LogP contribution in [0.4, 0.5) is 0 Å². The number of rotatable bonds is 5. The molecule has 116 valence electrons. The van der Waals surface area contributed by atoms with E-state index in [1.807, 2.05) is 54.8 Å². The van der Waals surface area contributed by atoms with Crippen molar-refractivity contribution in [1.82, 2.24) is 4.98 Å². The molecule has 0 radical (unpaired) electrons. The van der Waals surface area contributed by atoms with Crippen LogP contribution in [0.5, 0.6) is 0 Å². The molecule has 0 unspecified atom stereocenters. The minimum absolute atomic E-state index is 0.00832. The van der Waals surface area contributed by atoms with Gasteiger partial charge in [-0.25, -0.2) is 9.78 Å². The van der Waals surface area contributed by atoms with Crippen LogP contribution < -0.4 is 0 Å². The number of carbonyl (C=O) groups is 1. The molecular weight excluding hydrogens is 310 g/mol. The van der Waals surface area contributed by atoms with E-state index in [2.05, 4.69) is 4.98 Å². The molecule has 23 heavy (non-hydrogen) atoms. The predicted octanol–water partition coefficient (Wildman–Crippen LogP) is 4.42. The molecule has 0 aliphatic carbocycles. The summed E-state index contributed by atoms with van der Waals surface area (Å²) in [6.45, 7) is 0.00832. The summed E-state index contributed by atoms with van der Waals surface area (Å²) >= 11 is 1.51. The summed E-state index contributed by atoms with van der Waals surface area (Å²) in [7, 11) is 0. The monoisotopic (exact) mass is 325 g/mol. The van der Waals surface area contributed by atoms with Crippen LogP contribution in [0.1, 0.15) is 16.2 Å². The SMILES string of the molecule is CSc1ccccc1C(=O)OCc1ncc(-c2ccccc2)o1. The van der Waals surface area contributed by atoms with Crippen molar-refractivity contribution in [1.29, 1.82) is 0 Å². The molecule has 0 amide bonds. The van der Waals surface area contributed by atoms with Crippen molar-refractivity contribution < 1.29 is 13.9 Å². The van der Waals surface area contributed by atoms with Gasteiger partial charge in [0.25, 0.3) is 0 Å². The maximum absolute atomic E-state index is 12.2. The number of thioether (sulfide) groups is 1. The van der Waals surface area contributed by atoms with Crippen LogP contribution in [0, 0.1) is 0 Å². The zero-order valence-electron chi connectivity index (χ0n) is 12.6. The van der Waals surface area contributed by atoms with Crippen molar-refractivity contribution >= 4 is 17.7 Å². The lowest BCUT2D eigenvalue weighted by atomic mass is 10.2. The summed E-state index contributed by atoms with van der Waals surface area (Å²) in [6.07, 6.45) is 3.56. The first-order chi connectivity index (χ1) is 11.3. The minimum Gasteiger partial charge on any atom is -0.452 e. The maximum Gasteiger partial charge on any atom is 0.339 e. The lowest BCUT2D eigenvalue weighted by Crippen LogP contribution is -2.06. The lowest BCUT2D eigenvalue weighted by Gasteiger charge is -2.06. The summed E-state index contributed by atoms with van der Waals surface area (Å²) in [4.78, 5) is 17.2. The zero-order valence-corrected chi connectivity index (χ0v) is 13.4. The Kier molecular flexibility index (Phi) is 4.78. The molecule has 0 aliphatic rings. The number of aromatic nitrogens is 1. The van der Waals surface area contributed by atoms with Crippen LogP contribution >= 0.6 is 11.8 Å². The van der Waals surface area contributed by atoms with Crippen molar-refractivity contribution in [2.24, 2.45) is 0 Å². The van der Waals surface area contributed by atoms with Crippen LogP contribution in [0.25, 0.3) is 11.3 Å². The van der Waals surface area contributed by atoms with Crippen molar-refractivity contribution in [3.05, 3.63) is 72.2 Å². The molecule has 0 fully saturated rings. The number of carbonyl (C=O) groups excluding carboxylic acids is 1. The Bertz CT molecular complexity index is 799. The molecule has 0 saturated heterocycles. The third kappa shape index (κ3) is 3.63. The third-order valence-corrected chi connectivity index (χ3v) is 4.06. The Morgan fingerprint density at radius 2 is 1.87 bits per heavy atom. The smallest absolute Gasteiger partial charge is 0.339 e. The Labute approximate surface area is 138 Å². The van der Waals surface area contributed by atoms with Gasteiger partial charge in [-0.3, -0.25) is 0 Å². The van der Waals surface area contributed by atoms with Gasteiger partial charge in [-0.15, -0.1) is 11.8 Å². The standard InChI is InChI=1S/C18H15NO3S/c1-23-16-10-6-5-9-14(16)18(20)21-12-17-19-11-15(22-17)13-7-3-2-4-8-13/h2-11H,12H2,1H3. The van der Waals surface area contributed by atoms with E-state index in [0.29, 0.717) is 17.2 Å². The van der Waals surface area contributed by atoms with Gasteiger partial charge in [-0.1, -0.05) is 42.5 Å². The average molecular weight is 325 g/mol. The van der Waals surface area contributed by atoms with Gasteiger partial charge in [0, 0.05) is 10.5 Å². The second kappa shape index (κ2) is 7.15. The Hall–Kier alpha value is -2.53. The topological polar surface area (TPSA) is 52.3 Å². The normalized spacial score (nSPS) is 10.5. The molecule has 1 aromatic heterocycles. The summed E-state index contributed by atoms with van der Waals surface area (Å²) < 4.78 is 10.9. The first-order valence-corrected chi connectivity index (χ1v) is 8.30. The minimum atomic E-state index is -0.380. The molecule has 0 atom stereocenters. The van der Waals surface area contributed by atoms with Gasteiger partial charge in [0.15, 0.2) is 12.4 Å². The van der Waals surface area contributed by atoms with E-state index in [9.17, 15) is 4.79 Å². The molecule has 0 N–H and O–H groups in total. The molecule has 3 aromatic rings. The lowest BCUT2D eigenvalue weighted by molar-refractivity contribution is 0.0435. The molecular formula is C18H15NO3S. The quantitative estimate of drug-likeness (QED) is 0.513. The summed E-state index contributed by atoms with van der Waals surface area (Å²) in [5, 5.41) is 0. The van der Waals surface area contributed by atoms with E-state index in [1.165, 1.54) is 11.8 Å². The molecule has 0 aliphatic heterocycles. The second-order valence-electron chi connectivity index (χ2n) is 4.76. The van der Waals surface area contributed by atoms with E-state index in [-0.39, 0.29) is 12.6 Å². The van der Waals surface area contributed by atoms with E-state index < -0.39 is 0 Å². The second-order valence-corrected chi connectivity index (χ2v) is 5.61. The molecule has 4 nitrogen and oxygen atoms in total. The fourth-order valence-corrected chi connectivity index (χ4v) is 2.72. The molecule has 0 saturated carbocycles. The molecule has 2 aromatic carbocycles. The number of hydrogen-bond donors (Lipinski definition) is 0. The summed E-state index contributed by atoms with van der Waals surface area (Å²) in [5.74, 6) is 0.648. The van der Waals surface area contributed by atoms with Gasteiger partial charge < -0.3 is 9.15 Å². The molecule has 0 bridgehead atoms. The van der Waals surface area contributed by atoms with Crippen LogP contribution in [0.2, 0.25) is 0 Å². The molecule has 1 heterocycles. The van der Waals surface area contributed by atoms with Crippen LogP contribution in [-0.4, -0.2) is 17.2 Å². The van der Waals surface area contributed by atoms with Crippen molar-refractivity contribution in [2.45, 2.75) is 11.5 Å². The highest BCUT2D eigenvalue weighted by molar-refractivity contribution is 7.98. The highest BCUT2D eigenvalue weighted by Crippen LogP contribution is 2.22. The van der Waals surface area contributed by atoms with Crippen LogP contribution in [-0.2, 0) is 11.3 Å². The number of ether oxygens (including phenoxy) is 1. The van der Waals surface area contributed by atoms with Crippen molar-refractivity contribution in [3.63, 3.8) is 0 Å². The fraction of sp³-hybridized carbons (Fsp3) is 0.111. The van der Waals surface area contributed by atoms with Gasteiger partial charge in [0.05, 0.1) is 11.8 Å². The molecule has 5 heteroatoms. The zero-order chi connectivity index (χ0) is 16.1. The first kappa shape index (κ1) is 15.4. The van der Waals surface area contributed by atoms with Crippen LogP contribution in [0.3, 0.4) is 0 Å². The van der Waals surface area contributed by atoms with E-state index >= 15 is 0 Å². The maximum atomic E-state index is 12.2. The summed E-state index contributed by atoms with van der Waals surface area (Å²) in [6, 6.07) is 17.0. The van der Waals surface area contributed by atoms with Crippen LogP contribution in [0.15, 0.2) is 70.1 Å². The first-order valence-electron chi connectivity index (χ1n) is 7.08. The van der Waals surface area contributed by atoms with Gasteiger partial charge >= 0.3 is 5.97 Å². The Morgan fingerprint density at radius 3 is 2.65 bits per heavy atom. The van der Waals surface area contributed by atoms with Gasteiger partial charge in [-0.05, 0) is 18.4 Å². The number of esters is 1. The number of hydrogen-bond acceptors (Lipinski definition) is 5. The van der Waals surface area contributed by atoms with Crippen molar-refractivity contribution in [3.8, 4) is 11.3 Å². The number of nitrogens with zero attached hydrogens (tertiary/aromatic N) is 1. The summed E-state index contributed by atoms with van der Waals surface area (Å²) in [5.41, 5.74) is 1.49. The van der Waals surface area contributed by atoms with Crippen molar-refractivity contribution in [2.75, 3.05) is 6.26 Å². The van der Waals surface area contributed by atoms with E-state index in [4.69, 9.17) is 9.15 Å². The predicted molar refractivity (Wildman–Crippen MR) is 89.3 cm³/mol. The number of oxazole rings is 1. The van der Waals surface area contributed by atoms with Gasteiger partial charge in [0.2, 0.25) is 5.89 Å². The van der Waals surface area contributed by atoms with E-state index in [0.717, 1.165) is 10.5 Å². The third-order valence-electron chi connectivity index (χ3n) is 3.27. The van der Waals surface area contributed by atoms with E-state index in [1.54, 1.807) is 12.3 Å². The highest BCUT2D eigenvalue weighted by atomic mass is 32.2. The van der Waals surface area contributed by atoms with Gasteiger partial charge in [0.1, 0.15) is 0 Å². The Morgan fingerprint density at radius 1 is 1.13 bits per heavy atom. The Balaban J connectivity index is 1.67. The number of benzene rings is 2.